The second kappa shape index (κ2) is 4.46. The van der Waals surface area contributed by atoms with Crippen molar-refractivity contribution < 1.29 is 14.3 Å². The zero-order valence-electron chi connectivity index (χ0n) is 8.46. The maximum Gasteiger partial charge on any atom is 0.323 e. The van der Waals surface area contributed by atoms with Crippen LogP contribution in [0, 0.1) is 5.82 Å². The molecule has 17 heavy (non-hydrogen) atoms. The van der Waals surface area contributed by atoms with Crippen LogP contribution in [-0.2, 0) is 11.3 Å². The Hall–Kier alpha value is -2.02. The average molecular weight is 254 g/mol. The molecule has 0 aliphatic rings. The lowest BCUT2D eigenvalue weighted by molar-refractivity contribution is -0.137. The predicted octanol–water partition coefficient (Wildman–Crippen LogP) is 1.20. The van der Waals surface area contributed by atoms with Crippen LogP contribution in [0.5, 0.6) is 0 Å². The van der Waals surface area contributed by atoms with E-state index in [0.717, 1.165) is 10.9 Å². The van der Waals surface area contributed by atoms with E-state index in [1.54, 1.807) is 17.5 Å². The van der Waals surface area contributed by atoms with Crippen molar-refractivity contribution in [2.75, 3.05) is 0 Å². The van der Waals surface area contributed by atoms with Crippen molar-refractivity contribution in [2.45, 2.75) is 6.54 Å². The van der Waals surface area contributed by atoms with E-state index >= 15 is 0 Å². The number of hydrogen-bond acceptors (Lipinski definition) is 4. The van der Waals surface area contributed by atoms with Gasteiger partial charge < -0.3 is 5.11 Å². The van der Waals surface area contributed by atoms with Gasteiger partial charge in [0.15, 0.2) is 0 Å². The van der Waals surface area contributed by atoms with Crippen LogP contribution in [-0.4, -0.2) is 20.6 Å². The first kappa shape index (κ1) is 11.5. The largest absolute Gasteiger partial charge is 0.480 e. The lowest BCUT2D eigenvalue weighted by Gasteiger charge is -2.03. The van der Waals surface area contributed by atoms with E-state index in [1.807, 2.05) is 0 Å². The molecular formula is C10H7FN2O3S. The minimum absolute atomic E-state index is 0.0494. The summed E-state index contributed by atoms with van der Waals surface area (Å²) in [5, 5.41) is 10.3. The molecule has 0 spiro atoms. The van der Waals surface area contributed by atoms with Crippen molar-refractivity contribution in [2.24, 2.45) is 0 Å². The van der Waals surface area contributed by atoms with Gasteiger partial charge in [0.2, 0.25) is 5.82 Å². The second-order valence-electron chi connectivity index (χ2n) is 3.21. The van der Waals surface area contributed by atoms with Crippen molar-refractivity contribution in [1.82, 2.24) is 9.55 Å². The number of hydrogen-bond donors (Lipinski definition) is 1. The van der Waals surface area contributed by atoms with E-state index in [2.05, 4.69) is 4.98 Å². The van der Waals surface area contributed by atoms with Gasteiger partial charge in [0.05, 0.1) is 11.2 Å². The Balaban J connectivity index is 2.50. The molecule has 0 radical (unpaired) electrons. The number of thiophene rings is 1. The summed E-state index contributed by atoms with van der Waals surface area (Å²) in [6.45, 7) is -0.604. The van der Waals surface area contributed by atoms with Gasteiger partial charge >= 0.3 is 5.97 Å². The lowest BCUT2D eigenvalue weighted by Crippen LogP contribution is -2.27. The van der Waals surface area contributed by atoms with Gasteiger partial charge in [0, 0.05) is 0 Å². The van der Waals surface area contributed by atoms with Gasteiger partial charge in [-0.25, -0.2) is 4.98 Å². The molecular weight excluding hydrogens is 247 g/mol. The fraction of sp³-hybridized carbons (Fsp3) is 0.100. The Labute approximate surface area is 98.8 Å². The lowest BCUT2D eigenvalue weighted by atomic mass is 10.3. The Morgan fingerprint density at radius 1 is 1.59 bits per heavy atom. The molecule has 5 nitrogen and oxygen atoms in total. The van der Waals surface area contributed by atoms with Gasteiger partial charge in [-0.1, -0.05) is 6.07 Å². The number of carbonyl (C=O) groups is 1. The maximum absolute atomic E-state index is 13.7. The highest BCUT2D eigenvalue weighted by molar-refractivity contribution is 7.13. The zero-order valence-corrected chi connectivity index (χ0v) is 9.28. The summed E-state index contributed by atoms with van der Waals surface area (Å²) >= 11 is 1.25. The van der Waals surface area contributed by atoms with Gasteiger partial charge in [0.25, 0.3) is 5.56 Å². The highest BCUT2D eigenvalue weighted by atomic mass is 32.1. The fourth-order valence-electron chi connectivity index (χ4n) is 1.31. The van der Waals surface area contributed by atoms with E-state index < -0.39 is 23.9 Å². The quantitative estimate of drug-likeness (QED) is 0.893. The third kappa shape index (κ3) is 2.23. The highest BCUT2D eigenvalue weighted by Crippen LogP contribution is 2.23. The summed E-state index contributed by atoms with van der Waals surface area (Å²) in [4.78, 5) is 26.2. The fourth-order valence-corrected chi connectivity index (χ4v) is 2.02. The van der Waals surface area contributed by atoms with Crippen LogP contribution in [0.3, 0.4) is 0 Å². The number of carboxylic acid groups (broad SMARTS) is 1. The first-order valence-corrected chi connectivity index (χ1v) is 5.48. The molecule has 0 bridgehead atoms. The molecule has 2 aromatic heterocycles. The molecule has 0 aliphatic heterocycles. The van der Waals surface area contributed by atoms with Crippen LogP contribution in [0.1, 0.15) is 0 Å². The standard InChI is InChI=1S/C10H7FN2O3S/c11-8-9(6-2-1-3-17-6)12-5-13(10(8)16)4-7(14)15/h1-3,5H,4H2,(H,14,15). The van der Waals surface area contributed by atoms with E-state index in [4.69, 9.17) is 5.11 Å². The summed E-state index contributed by atoms with van der Waals surface area (Å²) < 4.78 is 14.4. The second-order valence-corrected chi connectivity index (χ2v) is 4.16. The molecule has 0 fully saturated rings. The van der Waals surface area contributed by atoms with Crippen LogP contribution in [0.25, 0.3) is 10.6 Å². The smallest absolute Gasteiger partial charge is 0.323 e. The van der Waals surface area contributed by atoms with Crippen LogP contribution in [0.2, 0.25) is 0 Å². The molecule has 0 unspecified atom stereocenters. The molecule has 0 aromatic carbocycles. The normalized spacial score (nSPS) is 10.4. The molecule has 0 aliphatic carbocycles. The Bertz CT molecular complexity index is 607. The van der Waals surface area contributed by atoms with E-state index in [-0.39, 0.29) is 5.69 Å². The SMILES string of the molecule is O=C(O)Cn1cnc(-c2cccs2)c(F)c1=O. The molecule has 0 amide bonds. The van der Waals surface area contributed by atoms with Crippen LogP contribution < -0.4 is 5.56 Å². The van der Waals surface area contributed by atoms with Crippen molar-refractivity contribution in [3.63, 3.8) is 0 Å². The third-order valence-corrected chi connectivity index (χ3v) is 2.92. The summed E-state index contributed by atoms with van der Waals surface area (Å²) in [7, 11) is 0. The maximum atomic E-state index is 13.7. The zero-order chi connectivity index (χ0) is 12.4. The molecule has 0 atom stereocenters. The minimum atomic E-state index is -1.22. The van der Waals surface area contributed by atoms with Gasteiger partial charge in [-0.05, 0) is 11.4 Å². The van der Waals surface area contributed by atoms with Gasteiger partial charge in [-0.3, -0.25) is 14.2 Å². The minimum Gasteiger partial charge on any atom is -0.480 e. The highest BCUT2D eigenvalue weighted by Gasteiger charge is 2.14. The number of aliphatic carboxylic acids is 1. The first-order chi connectivity index (χ1) is 8.09. The molecule has 2 aromatic rings. The summed E-state index contributed by atoms with van der Waals surface area (Å²) in [5.41, 5.74) is -1.03. The molecule has 0 saturated carbocycles. The summed E-state index contributed by atoms with van der Waals surface area (Å²) in [5.74, 6) is -2.26. The molecule has 88 valence electrons. The first-order valence-electron chi connectivity index (χ1n) is 4.60. The van der Waals surface area contributed by atoms with Gasteiger partial charge in [-0.15, -0.1) is 11.3 Å². The topological polar surface area (TPSA) is 72.2 Å². The van der Waals surface area contributed by atoms with Crippen molar-refractivity contribution >= 4 is 17.3 Å². The molecule has 7 heteroatoms. The molecule has 2 heterocycles. The van der Waals surface area contributed by atoms with Crippen LogP contribution in [0.4, 0.5) is 4.39 Å². The summed E-state index contributed by atoms with van der Waals surface area (Å²) in [6, 6.07) is 3.35. The van der Waals surface area contributed by atoms with Gasteiger partial charge in [0.1, 0.15) is 12.2 Å². The Morgan fingerprint density at radius 2 is 2.35 bits per heavy atom. The number of halogens is 1. The molecule has 2 rings (SSSR count). The van der Waals surface area contributed by atoms with E-state index in [9.17, 15) is 14.0 Å². The average Bonchev–Trinajstić information content (AvgIpc) is 2.78. The number of rotatable bonds is 3. The summed E-state index contributed by atoms with van der Waals surface area (Å²) in [6.07, 6.45) is 1.04. The molecule has 1 N–H and O–H groups in total. The Kier molecular flexibility index (Phi) is 3.01. The van der Waals surface area contributed by atoms with E-state index in [1.165, 1.54) is 11.3 Å². The number of carboxylic acids is 1. The van der Waals surface area contributed by atoms with Crippen molar-refractivity contribution in [3.8, 4) is 10.6 Å². The third-order valence-electron chi connectivity index (χ3n) is 2.04. The molecule has 0 saturated heterocycles. The predicted molar refractivity (Wildman–Crippen MR) is 59.4 cm³/mol. The number of aromatic nitrogens is 2. The van der Waals surface area contributed by atoms with Crippen LogP contribution >= 0.6 is 11.3 Å². The monoisotopic (exact) mass is 254 g/mol. The number of nitrogens with zero attached hydrogens (tertiary/aromatic N) is 2. The van der Waals surface area contributed by atoms with Gasteiger partial charge in [-0.2, -0.15) is 4.39 Å². The van der Waals surface area contributed by atoms with Crippen molar-refractivity contribution in [1.29, 1.82) is 0 Å². The van der Waals surface area contributed by atoms with Crippen LogP contribution in [0.15, 0.2) is 28.6 Å². The van der Waals surface area contributed by atoms with E-state index in [0.29, 0.717) is 4.88 Å². The Morgan fingerprint density at radius 3 is 2.94 bits per heavy atom. The van der Waals surface area contributed by atoms with Crippen molar-refractivity contribution in [3.05, 3.63) is 40.0 Å².